The van der Waals surface area contributed by atoms with Crippen molar-refractivity contribution >= 4 is 29.1 Å². The van der Waals surface area contributed by atoms with Gasteiger partial charge in [-0.2, -0.15) is 0 Å². The smallest absolute Gasteiger partial charge is 0.253 e. The van der Waals surface area contributed by atoms with Crippen molar-refractivity contribution < 1.29 is 14.4 Å². The molecule has 1 N–H and O–H groups in total. The summed E-state index contributed by atoms with van der Waals surface area (Å²) in [6.45, 7) is 1.96. The molecule has 0 unspecified atom stereocenters. The van der Waals surface area contributed by atoms with Crippen molar-refractivity contribution in [1.82, 2.24) is 5.32 Å². The molecule has 3 heterocycles. The summed E-state index contributed by atoms with van der Waals surface area (Å²) in [5.41, 5.74) is 0.636. The zero-order valence-electron chi connectivity index (χ0n) is 15.8. The third-order valence-corrected chi connectivity index (χ3v) is 6.28. The minimum absolute atomic E-state index is 0.107. The number of nitrogens with zero attached hydrogens (tertiary/aromatic N) is 2. The Labute approximate surface area is 168 Å². The van der Waals surface area contributed by atoms with E-state index in [1.165, 1.54) is 9.80 Å². The van der Waals surface area contributed by atoms with Crippen LogP contribution in [-0.4, -0.2) is 30.3 Å². The summed E-state index contributed by atoms with van der Waals surface area (Å²) in [7, 11) is 0. The summed E-state index contributed by atoms with van der Waals surface area (Å²) in [6, 6.07) is 15.9. The van der Waals surface area contributed by atoms with Crippen molar-refractivity contribution in [3.05, 3.63) is 60.2 Å². The number of amides is 3. The summed E-state index contributed by atoms with van der Waals surface area (Å²) in [4.78, 5) is 43.3. The summed E-state index contributed by atoms with van der Waals surface area (Å²) in [6.07, 6.45) is 5.50. The standard InChI is InChI=1S/C23H19N3O3/c1-3-13-25-17-12-8-7-11-16(17)23(22(25)29)19-18(14(2)24-23)20(27)26(21(19)28)15-9-5-4-6-10-15/h1,4-12,14,18-19,24H,13H2,2H3/t14-,18+,19+,23+/m1/s1. The molecule has 0 aromatic heterocycles. The molecular formula is C23H19N3O3. The predicted molar refractivity (Wildman–Crippen MR) is 108 cm³/mol. The van der Waals surface area contributed by atoms with E-state index in [2.05, 4.69) is 11.2 Å². The van der Waals surface area contributed by atoms with E-state index in [1.54, 1.807) is 24.3 Å². The van der Waals surface area contributed by atoms with Crippen LogP contribution in [0, 0.1) is 24.2 Å². The van der Waals surface area contributed by atoms with E-state index in [0.29, 0.717) is 16.9 Å². The highest BCUT2D eigenvalue weighted by atomic mass is 16.2. The number of rotatable bonds is 2. The van der Waals surface area contributed by atoms with E-state index in [0.717, 1.165) is 0 Å². The zero-order valence-corrected chi connectivity index (χ0v) is 15.8. The molecule has 3 aliphatic rings. The van der Waals surface area contributed by atoms with Crippen molar-refractivity contribution in [1.29, 1.82) is 0 Å². The van der Waals surface area contributed by atoms with Gasteiger partial charge in [-0.25, -0.2) is 4.90 Å². The van der Waals surface area contributed by atoms with Gasteiger partial charge in [0, 0.05) is 11.6 Å². The fraction of sp³-hybridized carbons (Fsp3) is 0.261. The number of anilines is 2. The van der Waals surface area contributed by atoms with Gasteiger partial charge in [-0.15, -0.1) is 6.42 Å². The average molecular weight is 385 g/mol. The number of nitrogens with one attached hydrogen (secondary N) is 1. The van der Waals surface area contributed by atoms with E-state index in [1.807, 2.05) is 37.3 Å². The fourth-order valence-electron chi connectivity index (χ4n) is 5.19. The summed E-state index contributed by atoms with van der Waals surface area (Å²) in [5, 5.41) is 3.33. The lowest BCUT2D eigenvalue weighted by molar-refractivity contribution is -0.132. The summed E-state index contributed by atoms with van der Waals surface area (Å²) >= 11 is 0. The molecule has 29 heavy (non-hydrogen) atoms. The number of fused-ring (bicyclic) bond motifs is 4. The van der Waals surface area contributed by atoms with Gasteiger partial charge in [-0.3, -0.25) is 24.6 Å². The molecule has 0 aliphatic carbocycles. The summed E-state index contributed by atoms with van der Waals surface area (Å²) in [5.74, 6) is 0.191. The summed E-state index contributed by atoms with van der Waals surface area (Å²) < 4.78 is 0. The molecular weight excluding hydrogens is 366 g/mol. The quantitative estimate of drug-likeness (QED) is 0.631. The van der Waals surface area contributed by atoms with Gasteiger partial charge in [-0.1, -0.05) is 42.3 Å². The number of terminal acetylenes is 1. The first-order chi connectivity index (χ1) is 14.0. The van der Waals surface area contributed by atoms with Crippen molar-refractivity contribution in [2.75, 3.05) is 16.3 Å². The molecule has 6 heteroatoms. The lowest BCUT2D eigenvalue weighted by Gasteiger charge is -2.30. The Morgan fingerprint density at radius 1 is 1.03 bits per heavy atom. The monoisotopic (exact) mass is 385 g/mol. The third-order valence-electron chi connectivity index (χ3n) is 6.28. The molecule has 3 amide bonds. The molecule has 5 rings (SSSR count). The molecule has 2 fully saturated rings. The van der Waals surface area contributed by atoms with E-state index in [9.17, 15) is 14.4 Å². The lowest BCUT2D eigenvalue weighted by Crippen LogP contribution is -2.55. The number of carbonyl (C=O) groups excluding carboxylic acids is 3. The van der Waals surface area contributed by atoms with Gasteiger partial charge in [0.1, 0.15) is 5.54 Å². The first-order valence-electron chi connectivity index (χ1n) is 9.58. The van der Waals surface area contributed by atoms with Crippen LogP contribution in [-0.2, 0) is 19.9 Å². The molecule has 2 saturated heterocycles. The van der Waals surface area contributed by atoms with Gasteiger partial charge in [0.05, 0.1) is 29.8 Å². The maximum absolute atomic E-state index is 13.6. The third kappa shape index (κ3) is 2.08. The maximum Gasteiger partial charge on any atom is 0.253 e. The molecule has 6 nitrogen and oxygen atoms in total. The van der Waals surface area contributed by atoms with Gasteiger partial charge in [-0.05, 0) is 25.1 Å². The molecule has 2 aromatic carbocycles. The van der Waals surface area contributed by atoms with Crippen LogP contribution >= 0.6 is 0 Å². The van der Waals surface area contributed by atoms with Gasteiger partial charge < -0.3 is 0 Å². The largest absolute Gasteiger partial charge is 0.298 e. The lowest BCUT2D eigenvalue weighted by atomic mass is 9.76. The van der Waals surface area contributed by atoms with Crippen LogP contribution in [0.1, 0.15) is 12.5 Å². The number of imide groups is 1. The first-order valence-corrected chi connectivity index (χ1v) is 9.58. The topological polar surface area (TPSA) is 69.7 Å². The SMILES string of the molecule is C#CCN1C(=O)[C@]2(N[C@H](C)[C@@H]3C(=O)N(c4ccccc4)C(=O)[C@H]32)c2ccccc21. The minimum atomic E-state index is -1.28. The molecule has 3 aliphatic heterocycles. The number of hydrogen-bond acceptors (Lipinski definition) is 4. The van der Waals surface area contributed by atoms with E-state index in [4.69, 9.17) is 6.42 Å². The number of benzene rings is 2. The number of para-hydroxylation sites is 2. The second kappa shape index (κ2) is 6.03. The van der Waals surface area contributed by atoms with Crippen molar-refractivity contribution in [2.45, 2.75) is 18.5 Å². The highest BCUT2D eigenvalue weighted by Crippen LogP contribution is 2.54. The highest BCUT2D eigenvalue weighted by Gasteiger charge is 2.71. The van der Waals surface area contributed by atoms with Gasteiger partial charge in [0.15, 0.2) is 0 Å². The molecule has 4 atom stereocenters. The number of hydrogen-bond donors (Lipinski definition) is 1. The van der Waals surface area contributed by atoms with Crippen molar-refractivity contribution in [3.63, 3.8) is 0 Å². The second-order valence-electron chi connectivity index (χ2n) is 7.70. The van der Waals surface area contributed by atoms with Gasteiger partial charge in [0.2, 0.25) is 11.8 Å². The number of carbonyl (C=O) groups is 3. The molecule has 0 radical (unpaired) electrons. The first kappa shape index (κ1) is 17.7. The zero-order chi connectivity index (χ0) is 20.3. The predicted octanol–water partition coefficient (Wildman–Crippen LogP) is 1.66. The van der Waals surface area contributed by atoms with Crippen LogP contribution in [0.5, 0.6) is 0 Å². The van der Waals surface area contributed by atoms with Crippen molar-refractivity contribution in [2.24, 2.45) is 11.8 Å². The normalized spacial score (nSPS) is 30.1. The Morgan fingerprint density at radius 2 is 1.72 bits per heavy atom. The molecule has 0 bridgehead atoms. The van der Waals surface area contributed by atoms with Crippen molar-refractivity contribution in [3.8, 4) is 12.3 Å². The molecule has 0 saturated carbocycles. The van der Waals surface area contributed by atoms with Crippen LogP contribution in [0.25, 0.3) is 0 Å². The van der Waals surface area contributed by atoms with Crippen LogP contribution in [0.15, 0.2) is 54.6 Å². The van der Waals surface area contributed by atoms with Crippen LogP contribution in [0.4, 0.5) is 11.4 Å². The average Bonchev–Trinajstić information content (AvgIpc) is 3.27. The maximum atomic E-state index is 13.6. The molecule has 2 aromatic rings. The van der Waals surface area contributed by atoms with Gasteiger partial charge in [0.25, 0.3) is 5.91 Å². The Bertz CT molecular complexity index is 1090. The Morgan fingerprint density at radius 3 is 2.45 bits per heavy atom. The van der Waals surface area contributed by atoms with Crippen LogP contribution < -0.4 is 15.1 Å². The fourth-order valence-corrected chi connectivity index (χ4v) is 5.19. The van der Waals surface area contributed by atoms with Crippen LogP contribution in [0.3, 0.4) is 0 Å². The van der Waals surface area contributed by atoms with E-state index in [-0.39, 0.29) is 30.3 Å². The molecule has 144 valence electrons. The molecule has 1 spiro atoms. The van der Waals surface area contributed by atoms with Gasteiger partial charge >= 0.3 is 0 Å². The van der Waals surface area contributed by atoms with Crippen LogP contribution in [0.2, 0.25) is 0 Å². The van der Waals surface area contributed by atoms with E-state index < -0.39 is 17.4 Å². The Hall–Kier alpha value is -3.43. The van der Waals surface area contributed by atoms with E-state index >= 15 is 0 Å². The second-order valence-corrected chi connectivity index (χ2v) is 7.70. The Kier molecular flexibility index (Phi) is 3.67. The minimum Gasteiger partial charge on any atom is -0.298 e. The highest BCUT2D eigenvalue weighted by molar-refractivity contribution is 6.26. The Balaban J connectivity index is 1.69.